The molecule has 3 N–H and O–H groups in total. The van der Waals surface area contributed by atoms with Crippen LogP contribution in [0.4, 0.5) is 4.79 Å². The maximum absolute atomic E-state index is 12.0. The first-order chi connectivity index (χ1) is 9.22. The van der Waals surface area contributed by atoms with Crippen molar-refractivity contribution in [2.24, 2.45) is 5.73 Å². The number of unbranched alkanes of at least 4 members (excludes halogenated alkanes) is 1. The molecule has 1 amide bonds. The maximum atomic E-state index is 12.0. The fraction of sp³-hybridized carbons (Fsp3) is 0.714. The molecule has 0 rings (SSSR count). The van der Waals surface area contributed by atoms with Gasteiger partial charge in [0, 0.05) is 0 Å². The third-order valence-corrected chi connectivity index (χ3v) is 2.48. The number of amides is 1. The molecule has 0 spiro atoms. The summed E-state index contributed by atoms with van der Waals surface area (Å²) in [6.45, 7) is 5.51. The van der Waals surface area contributed by atoms with Crippen LogP contribution in [0.25, 0.3) is 0 Å². The molecule has 1 atom stereocenters. The molecule has 0 aromatic heterocycles. The number of rotatable bonds is 7. The Morgan fingerprint density at radius 2 is 2.00 bits per heavy atom. The number of aliphatic carboxylic acids is 1. The van der Waals surface area contributed by atoms with Crippen LogP contribution in [0.15, 0.2) is 0 Å². The molecule has 0 saturated carbocycles. The molecule has 0 aliphatic rings. The molecule has 0 saturated heterocycles. The molecule has 0 aliphatic heterocycles. The highest BCUT2D eigenvalue weighted by atomic mass is 16.6. The molecule has 0 aromatic carbocycles. The highest BCUT2D eigenvalue weighted by Crippen LogP contribution is 2.15. The number of carbonyl (C=O) groups is 2. The third kappa shape index (κ3) is 7.00. The van der Waals surface area contributed by atoms with Crippen LogP contribution in [-0.4, -0.2) is 46.8 Å². The van der Waals surface area contributed by atoms with Crippen molar-refractivity contribution in [3.63, 3.8) is 0 Å². The van der Waals surface area contributed by atoms with Crippen LogP contribution in [-0.2, 0) is 9.53 Å². The van der Waals surface area contributed by atoms with Gasteiger partial charge < -0.3 is 15.6 Å². The molecular weight excluding hydrogens is 260 g/mol. The van der Waals surface area contributed by atoms with Crippen molar-refractivity contribution in [1.29, 1.82) is 0 Å². The quantitative estimate of drug-likeness (QED) is 0.545. The van der Waals surface area contributed by atoms with E-state index in [9.17, 15) is 14.7 Å². The lowest BCUT2D eigenvalue weighted by atomic mass is 10.1. The molecule has 0 bridgehead atoms. The van der Waals surface area contributed by atoms with Gasteiger partial charge in [0.05, 0.1) is 6.54 Å². The smallest absolute Gasteiger partial charge is 0.411 e. The van der Waals surface area contributed by atoms with E-state index in [1.54, 1.807) is 20.8 Å². The Balaban J connectivity index is 4.93. The lowest BCUT2D eigenvalue weighted by molar-refractivity contribution is -0.143. The average Bonchev–Trinajstić information content (AvgIpc) is 2.30. The van der Waals surface area contributed by atoms with Gasteiger partial charge in [-0.3, -0.25) is 4.90 Å². The second-order valence-electron chi connectivity index (χ2n) is 5.45. The van der Waals surface area contributed by atoms with E-state index < -0.39 is 23.7 Å². The summed E-state index contributed by atoms with van der Waals surface area (Å²) >= 11 is 0. The van der Waals surface area contributed by atoms with Crippen LogP contribution in [0, 0.1) is 12.3 Å². The fourth-order valence-electron chi connectivity index (χ4n) is 1.62. The van der Waals surface area contributed by atoms with Crippen molar-refractivity contribution < 1.29 is 19.4 Å². The fourth-order valence-corrected chi connectivity index (χ4v) is 1.62. The van der Waals surface area contributed by atoms with Crippen molar-refractivity contribution in [2.75, 3.05) is 13.1 Å². The van der Waals surface area contributed by atoms with Gasteiger partial charge in [-0.05, 0) is 46.6 Å². The van der Waals surface area contributed by atoms with Crippen LogP contribution in [0.2, 0.25) is 0 Å². The standard InChI is InChI=1S/C14H24N2O4/c1-5-10-16(13(19)20-14(2,3)4)11(12(17)18)8-6-7-9-15/h1,11H,6-10,15H2,2-4H3,(H,17,18)/t11-/m0/s1. The Hall–Kier alpha value is -1.74. The molecular formula is C14H24N2O4. The molecule has 0 heterocycles. The van der Waals surface area contributed by atoms with Gasteiger partial charge in [-0.1, -0.05) is 5.92 Å². The molecule has 0 aliphatic carbocycles. The van der Waals surface area contributed by atoms with Crippen LogP contribution in [0.1, 0.15) is 40.0 Å². The summed E-state index contributed by atoms with van der Waals surface area (Å²) in [4.78, 5) is 24.5. The Kier molecular flexibility index (Phi) is 7.70. The molecule has 6 heteroatoms. The van der Waals surface area contributed by atoms with E-state index in [4.69, 9.17) is 16.9 Å². The van der Waals surface area contributed by atoms with E-state index in [-0.39, 0.29) is 6.54 Å². The summed E-state index contributed by atoms with van der Waals surface area (Å²) in [6.07, 6.45) is 6.10. The van der Waals surface area contributed by atoms with Crippen LogP contribution in [0.3, 0.4) is 0 Å². The summed E-state index contributed by atoms with van der Waals surface area (Å²) in [5, 5.41) is 9.27. The summed E-state index contributed by atoms with van der Waals surface area (Å²) in [7, 11) is 0. The molecule has 0 fully saturated rings. The molecule has 0 radical (unpaired) electrons. The minimum absolute atomic E-state index is 0.103. The van der Waals surface area contributed by atoms with Crippen LogP contribution < -0.4 is 5.73 Å². The van der Waals surface area contributed by atoms with Gasteiger partial charge in [0.1, 0.15) is 11.6 Å². The van der Waals surface area contributed by atoms with Crippen molar-refractivity contribution in [2.45, 2.75) is 51.7 Å². The zero-order valence-electron chi connectivity index (χ0n) is 12.4. The Morgan fingerprint density at radius 1 is 1.40 bits per heavy atom. The Labute approximate surface area is 120 Å². The third-order valence-electron chi connectivity index (χ3n) is 2.48. The van der Waals surface area contributed by atoms with Crippen molar-refractivity contribution in [3.8, 4) is 12.3 Å². The summed E-state index contributed by atoms with van der Waals surface area (Å²) in [5.74, 6) is 1.20. The predicted octanol–water partition coefficient (Wildman–Crippen LogP) is 1.44. The first kappa shape index (κ1) is 18.3. The molecule has 0 aromatic rings. The number of carboxylic acids is 1. The SMILES string of the molecule is C#CCN(C(=O)OC(C)(C)C)[C@@H](CCCCN)C(=O)O. The van der Waals surface area contributed by atoms with Gasteiger partial charge >= 0.3 is 12.1 Å². The van der Waals surface area contributed by atoms with E-state index in [0.717, 1.165) is 4.90 Å². The van der Waals surface area contributed by atoms with Gasteiger partial charge in [-0.25, -0.2) is 9.59 Å². The highest BCUT2D eigenvalue weighted by molar-refractivity contribution is 5.80. The van der Waals surface area contributed by atoms with E-state index in [2.05, 4.69) is 5.92 Å². The Morgan fingerprint density at radius 3 is 2.40 bits per heavy atom. The molecule has 0 unspecified atom stereocenters. The first-order valence-electron chi connectivity index (χ1n) is 6.59. The molecule has 20 heavy (non-hydrogen) atoms. The highest BCUT2D eigenvalue weighted by Gasteiger charge is 2.31. The monoisotopic (exact) mass is 284 g/mol. The summed E-state index contributed by atoms with van der Waals surface area (Å²) in [5.41, 5.74) is 4.68. The van der Waals surface area contributed by atoms with Gasteiger partial charge in [-0.2, -0.15) is 0 Å². The van der Waals surface area contributed by atoms with Crippen molar-refractivity contribution >= 4 is 12.1 Å². The molecule has 114 valence electrons. The zero-order chi connectivity index (χ0) is 15.8. The largest absolute Gasteiger partial charge is 0.480 e. The van der Waals surface area contributed by atoms with Crippen molar-refractivity contribution in [1.82, 2.24) is 4.90 Å². The van der Waals surface area contributed by atoms with E-state index in [1.807, 2.05) is 0 Å². The zero-order valence-corrected chi connectivity index (χ0v) is 12.4. The number of ether oxygens (including phenoxy) is 1. The second kappa shape index (κ2) is 8.43. The van der Waals surface area contributed by atoms with Crippen LogP contribution in [0.5, 0.6) is 0 Å². The van der Waals surface area contributed by atoms with Gasteiger partial charge in [0.25, 0.3) is 0 Å². The number of carbonyl (C=O) groups excluding carboxylic acids is 1. The van der Waals surface area contributed by atoms with E-state index in [1.165, 1.54) is 0 Å². The second-order valence-corrected chi connectivity index (χ2v) is 5.45. The maximum Gasteiger partial charge on any atom is 0.411 e. The first-order valence-corrected chi connectivity index (χ1v) is 6.59. The Bertz CT molecular complexity index is 368. The van der Waals surface area contributed by atoms with Crippen molar-refractivity contribution in [3.05, 3.63) is 0 Å². The molecule has 6 nitrogen and oxygen atoms in total. The number of nitrogens with zero attached hydrogens (tertiary/aromatic N) is 1. The van der Waals surface area contributed by atoms with Crippen LogP contribution >= 0.6 is 0 Å². The average molecular weight is 284 g/mol. The topological polar surface area (TPSA) is 92.9 Å². The summed E-state index contributed by atoms with van der Waals surface area (Å²) in [6, 6.07) is -0.993. The lowest BCUT2D eigenvalue weighted by Gasteiger charge is -2.30. The predicted molar refractivity (Wildman–Crippen MR) is 76.1 cm³/mol. The lowest BCUT2D eigenvalue weighted by Crippen LogP contribution is -2.47. The van der Waals surface area contributed by atoms with Gasteiger partial charge in [0.2, 0.25) is 0 Å². The number of terminal acetylenes is 1. The van der Waals surface area contributed by atoms with E-state index >= 15 is 0 Å². The summed E-state index contributed by atoms with van der Waals surface area (Å²) < 4.78 is 5.19. The number of nitrogens with two attached hydrogens (primary N) is 1. The number of carboxylic acid groups (broad SMARTS) is 1. The minimum atomic E-state index is -1.09. The normalized spacial score (nSPS) is 12.3. The van der Waals surface area contributed by atoms with E-state index in [0.29, 0.717) is 25.8 Å². The minimum Gasteiger partial charge on any atom is -0.480 e. The number of hydrogen-bond donors (Lipinski definition) is 2. The van der Waals surface area contributed by atoms with Gasteiger partial charge in [-0.15, -0.1) is 6.42 Å². The number of hydrogen-bond acceptors (Lipinski definition) is 4. The van der Waals surface area contributed by atoms with Gasteiger partial charge in [0.15, 0.2) is 0 Å².